The SMILES string of the molecule is C=C(CSc1nc2ccccc2o1)C(=O)O. The van der Waals surface area contributed by atoms with Crippen LogP contribution in [0.4, 0.5) is 0 Å². The number of aliphatic carboxylic acids is 1. The predicted molar refractivity (Wildman–Crippen MR) is 61.5 cm³/mol. The summed E-state index contributed by atoms with van der Waals surface area (Å²) in [5.41, 5.74) is 1.60. The number of rotatable bonds is 4. The maximum absolute atomic E-state index is 10.5. The van der Waals surface area contributed by atoms with Crippen molar-refractivity contribution in [2.45, 2.75) is 5.22 Å². The van der Waals surface area contributed by atoms with Crippen molar-refractivity contribution < 1.29 is 14.3 Å². The summed E-state index contributed by atoms with van der Waals surface area (Å²) < 4.78 is 5.42. The predicted octanol–water partition coefficient (Wildman–Crippen LogP) is 2.56. The van der Waals surface area contributed by atoms with Gasteiger partial charge in [0.1, 0.15) is 5.52 Å². The number of carbonyl (C=O) groups is 1. The first-order valence-electron chi connectivity index (χ1n) is 4.56. The average molecular weight is 235 g/mol. The fourth-order valence-electron chi connectivity index (χ4n) is 1.12. The van der Waals surface area contributed by atoms with Crippen molar-refractivity contribution in [3.63, 3.8) is 0 Å². The Morgan fingerprint density at radius 3 is 2.94 bits per heavy atom. The normalized spacial score (nSPS) is 10.5. The molecular formula is C11H9NO3S. The van der Waals surface area contributed by atoms with Crippen molar-refractivity contribution in [1.82, 2.24) is 4.98 Å². The van der Waals surface area contributed by atoms with Crippen LogP contribution in [-0.2, 0) is 4.79 Å². The molecular weight excluding hydrogens is 226 g/mol. The molecule has 82 valence electrons. The summed E-state index contributed by atoms with van der Waals surface area (Å²) in [7, 11) is 0. The van der Waals surface area contributed by atoms with Crippen molar-refractivity contribution in [2.24, 2.45) is 0 Å². The lowest BCUT2D eigenvalue weighted by atomic mass is 10.3. The van der Waals surface area contributed by atoms with Gasteiger partial charge in [-0.15, -0.1) is 0 Å². The Morgan fingerprint density at radius 2 is 2.25 bits per heavy atom. The van der Waals surface area contributed by atoms with Crippen LogP contribution in [0.3, 0.4) is 0 Å². The quantitative estimate of drug-likeness (QED) is 0.651. The Kier molecular flexibility index (Phi) is 2.96. The molecule has 0 saturated heterocycles. The van der Waals surface area contributed by atoms with Gasteiger partial charge in [0.15, 0.2) is 5.58 Å². The van der Waals surface area contributed by atoms with Crippen molar-refractivity contribution in [1.29, 1.82) is 0 Å². The highest BCUT2D eigenvalue weighted by molar-refractivity contribution is 7.99. The Morgan fingerprint density at radius 1 is 1.50 bits per heavy atom. The average Bonchev–Trinajstić information content (AvgIpc) is 2.68. The first-order chi connectivity index (χ1) is 7.66. The summed E-state index contributed by atoms with van der Waals surface area (Å²) in [5.74, 6) is -0.731. The molecule has 0 amide bonds. The molecule has 0 saturated carbocycles. The second-order valence-electron chi connectivity index (χ2n) is 3.14. The summed E-state index contributed by atoms with van der Waals surface area (Å²) in [4.78, 5) is 14.7. The van der Waals surface area contributed by atoms with Crippen LogP contribution in [0, 0.1) is 0 Å². The summed E-state index contributed by atoms with van der Waals surface area (Å²) in [5, 5.41) is 9.10. The van der Waals surface area contributed by atoms with Crippen LogP contribution in [0.15, 0.2) is 46.1 Å². The van der Waals surface area contributed by atoms with Crippen molar-refractivity contribution in [3.8, 4) is 0 Å². The Balaban J connectivity index is 2.10. The fourth-order valence-corrected chi connectivity index (χ4v) is 1.86. The number of aromatic nitrogens is 1. The molecule has 16 heavy (non-hydrogen) atoms. The largest absolute Gasteiger partial charge is 0.478 e. The van der Waals surface area contributed by atoms with E-state index in [0.29, 0.717) is 10.8 Å². The van der Waals surface area contributed by atoms with Gasteiger partial charge in [-0.1, -0.05) is 30.5 Å². The number of hydrogen-bond donors (Lipinski definition) is 1. The maximum atomic E-state index is 10.5. The van der Waals surface area contributed by atoms with Crippen LogP contribution in [0.1, 0.15) is 0 Å². The van der Waals surface area contributed by atoms with E-state index < -0.39 is 5.97 Å². The molecule has 4 nitrogen and oxygen atoms in total. The van der Waals surface area contributed by atoms with Gasteiger partial charge >= 0.3 is 5.97 Å². The minimum atomic E-state index is -0.997. The lowest BCUT2D eigenvalue weighted by Crippen LogP contribution is -2.00. The van der Waals surface area contributed by atoms with Gasteiger partial charge in [0, 0.05) is 11.3 Å². The van der Waals surface area contributed by atoms with Gasteiger partial charge in [0.25, 0.3) is 5.22 Å². The molecule has 1 aromatic carbocycles. The van der Waals surface area contributed by atoms with Gasteiger partial charge in [0.05, 0.1) is 0 Å². The van der Waals surface area contributed by atoms with E-state index in [1.54, 1.807) is 0 Å². The van der Waals surface area contributed by atoms with Gasteiger partial charge in [-0.2, -0.15) is 0 Å². The number of para-hydroxylation sites is 2. The number of carboxylic acid groups (broad SMARTS) is 1. The monoisotopic (exact) mass is 235 g/mol. The van der Waals surface area contributed by atoms with Crippen LogP contribution in [0.5, 0.6) is 0 Å². The smallest absolute Gasteiger partial charge is 0.331 e. The van der Waals surface area contributed by atoms with E-state index in [2.05, 4.69) is 11.6 Å². The lowest BCUT2D eigenvalue weighted by molar-refractivity contribution is -0.132. The zero-order valence-corrected chi connectivity index (χ0v) is 9.16. The number of nitrogens with zero attached hydrogens (tertiary/aromatic N) is 1. The molecule has 0 aliphatic heterocycles. The highest BCUT2D eigenvalue weighted by atomic mass is 32.2. The van der Waals surface area contributed by atoms with Gasteiger partial charge < -0.3 is 9.52 Å². The molecule has 0 unspecified atom stereocenters. The van der Waals surface area contributed by atoms with Crippen LogP contribution in [0.2, 0.25) is 0 Å². The molecule has 1 heterocycles. The third kappa shape index (κ3) is 2.25. The Hall–Kier alpha value is -1.75. The van der Waals surface area contributed by atoms with E-state index in [4.69, 9.17) is 9.52 Å². The zero-order chi connectivity index (χ0) is 11.5. The minimum absolute atomic E-state index is 0.132. The highest BCUT2D eigenvalue weighted by Crippen LogP contribution is 2.24. The van der Waals surface area contributed by atoms with Crippen LogP contribution >= 0.6 is 11.8 Å². The second kappa shape index (κ2) is 4.40. The van der Waals surface area contributed by atoms with Crippen molar-refractivity contribution in [2.75, 3.05) is 5.75 Å². The summed E-state index contributed by atoms with van der Waals surface area (Å²) in [6.45, 7) is 3.43. The van der Waals surface area contributed by atoms with E-state index in [-0.39, 0.29) is 11.3 Å². The van der Waals surface area contributed by atoms with Crippen molar-refractivity contribution >= 4 is 28.8 Å². The summed E-state index contributed by atoms with van der Waals surface area (Å²) >= 11 is 1.22. The van der Waals surface area contributed by atoms with Crippen LogP contribution in [0.25, 0.3) is 11.1 Å². The molecule has 5 heteroatoms. The molecule has 2 aromatic rings. The first kappa shape index (κ1) is 10.8. The minimum Gasteiger partial charge on any atom is -0.478 e. The molecule has 0 bridgehead atoms. The zero-order valence-electron chi connectivity index (χ0n) is 8.34. The van der Waals surface area contributed by atoms with Gasteiger partial charge in [-0.3, -0.25) is 0 Å². The van der Waals surface area contributed by atoms with Crippen LogP contribution in [-0.4, -0.2) is 21.8 Å². The number of benzene rings is 1. The molecule has 1 aromatic heterocycles. The molecule has 0 spiro atoms. The second-order valence-corrected chi connectivity index (χ2v) is 4.07. The molecule has 1 N–H and O–H groups in total. The van der Waals surface area contributed by atoms with E-state index >= 15 is 0 Å². The van der Waals surface area contributed by atoms with Crippen LogP contribution < -0.4 is 0 Å². The van der Waals surface area contributed by atoms with E-state index in [1.807, 2.05) is 24.3 Å². The third-order valence-corrected chi connectivity index (χ3v) is 2.86. The number of oxazole rings is 1. The molecule has 0 aliphatic carbocycles. The number of carboxylic acids is 1. The van der Waals surface area contributed by atoms with Crippen molar-refractivity contribution in [3.05, 3.63) is 36.4 Å². The topological polar surface area (TPSA) is 63.3 Å². The number of thioether (sulfide) groups is 1. The van der Waals surface area contributed by atoms with E-state index in [0.717, 1.165) is 5.52 Å². The van der Waals surface area contributed by atoms with Gasteiger partial charge in [-0.05, 0) is 12.1 Å². The van der Waals surface area contributed by atoms with E-state index in [9.17, 15) is 4.79 Å². The lowest BCUT2D eigenvalue weighted by Gasteiger charge is -1.95. The fraction of sp³-hybridized carbons (Fsp3) is 0.0909. The van der Waals surface area contributed by atoms with Gasteiger partial charge in [0.2, 0.25) is 0 Å². The maximum Gasteiger partial charge on any atom is 0.331 e. The number of fused-ring (bicyclic) bond motifs is 1. The highest BCUT2D eigenvalue weighted by Gasteiger charge is 2.09. The Labute approximate surface area is 96.0 Å². The van der Waals surface area contributed by atoms with E-state index in [1.165, 1.54) is 11.8 Å². The molecule has 0 radical (unpaired) electrons. The molecule has 0 aliphatic rings. The Bertz CT molecular complexity index is 514. The summed E-state index contributed by atoms with van der Waals surface area (Å²) in [6, 6.07) is 7.39. The first-order valence-corrected chi connectivity index (χ1v) is 5.55. The number of hydrogen-bond acceptors (Lipinski definition) is 4. The molecule has 0 fully saturated rings. The summed E-state index contributed by atoms with van der Waals surface area (Å²) in [6.07, 6.45) is 0. The molecule has 2 rings (SSSR count). The molecule has 0 atom stereocenters. The third-order valence-electron chi connectivity index (χ3n) is 1.95. The van der Waals surface area contributed by atoms with Gasteiger partial charge in [-0.25, -0.2) is 9.78 Å². The standard InChI is InChI=1S/C11H9NO3S/c1-7(10(13)14)6-16-11-12-8-4-2-3-5-9(8)15-11/h2-5H,1,6H2,(H,13,14).